The van der Waals surface area contributed by atoms with Crippen LogP contribution >= 0.6 is 15.9 Å². The maximum Gasteiger partial charge on any atom is 0.490 e. The second-order valence-corrected chi connectivity index (χ2v) is 15.9. The van der Waals surface area contributed by atoms with Gasteiger partial charge in [-0.3, -0.25) is 9.59 Å². The Labute approximate surface area is 341 Å². The van der Waals surface area contributed by atoms with E-state index in [1.807, 2.05) is 70.5 Å². The van der Waals surface area contributed by atoms with Gasteiger partial charge in [-0.15, -0.1) is 0 Å². The molecule has 0 unspecified atom stereocenters. The van der Waals surface area contributed by atoms with Crippen molar-refractivity contribution in [3.05, 3.63) is 124 Å². The van der Waals surface area contributed by atoms with Crippen molar-refractivity contribution in [3.8, 4) is 16.9 Å². The second-order valence-electron chi connectivity index (χ2n) is 15.0. The van der Waals surface area contributed by atoms with Crippen LogP contribution in [0.15, 0.2) is 102 Å². The minimum Gasteiger partial charge on any atom is -0.508 e. The summed E-state index contributed by atoms with van der Waals surface area (Å²) >= 11 is 3.48. The highest BCUT2D eigenvalue weighted by Crippen LogP contribution is 2.28. The van der Waals surface area contributed by atoms with Gasteiger partial charge in [0.05, 0.1) is 6.42 Å². The summed E-state index contributed by atoms with van der Waals surface area (Å²) in [7, 11) is 0. The lowest BCUT2D eigenvalue weighted by Crippen LogP contribution is -2.38. The number of amides is 2. The lowest BCUT2D eigenvalue weighted by atomic mass is 9.87. The first-order valence-electron chi connectivity index (χ1n) is 19.6. The summed E-state index contributed by atoms with van der Waals surface area (Å²) in [5, 5.41) is 20.3. The molecule has 0 aromatic heterocycles. The molecule has 2 fully saturated rings. The number of carboxylic acid groups (broad SMARTS) is 1. The van der Waals surface area contributed by atoms with Crippen LogP contribution in [0.1, 0.15) is 72.0 Å². The Bertz CT molecular complexity index is 1910. The average molecular weight is 851 g/mol. The molecule has 2 aliphatic rings. The van der Waals surface area contributed by atoms with E-state index in [0.29, 0.717) is 25.9 Å². The Hall–Kier alpha value is -4.68. The first-order chi connectivity index (χ1) is 27.3. The number of carbonyl (C=O) groups is 3. The Morgan fingerprint density at radius 1 is 0.772 bits per heavy atom. The van der Waals surface area contributed by atoms with E-state index in [2.05, 4.69) is 45.5 Å². The van der Waals surface area contributed by atoms with E-state index >= 15 is 0 Å². The summed E-state index contributed by atoms with van der Waals surface area (Å²) in [5.41, 5.74) is 5.84. The van der Waals surface area contributed by atoms with Gasteiger partial charge >= 0.3 is 12.1 Å². The number of aliphatic carboxylic acids is 1. The molecule has 4 aromatic carbocycles. The van der Waals surface area contributed by atoms with Crippen LogP contribution in [-0.4, -0.2) is 76.7 Å². The van der Waals surface area contributed by atoms with E-state index in [1.54, 1.807) is 12.1 Å². The van der Waals surface area contributed by atoms with Crippen LogP contribution in [-0.2, 0) is 29.0 Å². The number of carbonyl (C=O) groups excluding carboxylic acids is 2. The molecular weight excluding hydrogens is 799 g/mol. The van der Waals surface area contributed by atoms with Gasteiger partial charge in [0.2, 0.25) is 5.91 Å². The molecule has 12 heteroatoms. The summed E-state index contributed by atoms with van der Waals surface area (Å²) in [4.78, 5) is 40.2. The molecule has 2 aliphatic heterocycles. The minimum absolute atomic E-state index is 0.0645. The molecule has 2 amide bonds. The van der Waals surface area contributed by atoms with E-state index in [4.69, 9.17) is 9.90 Å². The predicted molar refractivity (Wildman–Crippen MR) is 219 cm³/mol. The summed E-state index contributed by atoms with van der Waals surface area (Å²) in [6.45, 7) is 5.06. The number of phenols is 1. The third kappa shape index (κ3) is 14.0. The number of likely N-dealkylation sites (tertiary alicyclic amines) is 1. The average Bonchev–Trinajstić information content (AvgIpc) is 3.21. The van der Waals surface area contributed by atoms with E-state index in [1.165, 1.54) is 45.2 Å². The highest BCUT2D eigenvalue weighted by molar-refractivity contribution is 9.10. The number of benzene rings is 4. The Kier molecular flexibility index (Phi) is 16.1. The van der Waals surface area contributed by atoms with Crippen LogP contribution in [0.25, 0.3) is 11.1 Å². The van der Waals surface area contributed by atoms with Crippen molar-refractivity contribution in [2.45, 2.75) is 70.5 Å². The normalized spacial score (nSPS) is 15.1. The molecule has 0 aliphatic carbocycles. The van der Waals surface area contributed by atoms with Gasteiger partial charge in [-0.1, -0.05) is 89.8 Å². The van der Waals surface area contributed by atoms with E-state index in [0.717, 1.165) is 75.6 Å². The molecule has 6 rings (SSSR count). The van der Waals surface area contributed by atoms with E-state index < -0.39 is 12.1 Å². The number of nitrogens with zero attached hydrogens (tertiary/aromatic N) is 2. The highest BCUT2D eigenvalue weighted by atomic mass is 79.9. The quantitative estimate of drug-likeness (QED) is 0.124. The molecule has 0 saturated carbocycles. The first-order valence-corrected chi connectivity index (χ1v) is 20.4. The summed E-state index contributed by atoms with van der Waals surface area (Å²) in [6, 6.07) is 31.4. The van der Waals surface area contributed by atoms with Gasteiger partial charge in [0, 0.05) is 36.2 Å². The first kappa shape index (κ1) is 43.4. The number of halogens is 4. The third-order valence-electron chi connectivity index (χ3n) is 10.8. The zero-order valence-electron chi connectivity index (χ0n) is 32.0. The molecule has 8 nitrogen and oxygen atoms in total. The number of carboxylic acids is 1. The lowest BCUT2D eigenvalue weighted by molar-refractivity contribution is -0.192. The fourth-order valence-electron chi connectivity index (χ4n) is 7.48. The van der Waals surface area contributed by atoms with Crippen LogP contribution in [0.5, 0.6) is 5.75 Å². The number of alkyl halides is 3. The van der Waals surface area contributed by atoms with Gasteiger partial charge in [-0.2, -0.15) is 13.2 Å². The fraction of sp³-hybridized carbons (Fsp3) is 0.400. The summed E-state index contributed by atoms with van der Waals surface area (Å²) in [5.74, 6) is -0.709. The van der Waals surface area contributed by atoms with Gasteiger partial charge < -0.3 is 25.3 Å². The van der Waals surface area contributed by atoms with Crippen molar-refractivity contribution < 1.29 is 37.8 Å². The van der Waals surface area contributed by atoms with Crippen LogP contribution in [0, 0.1) is 11.8 Å². The zero-order valence-corrected chi connectivity index (χ0v) is 33.6. The van der Waals surface area contributed by atoms with Crippen molar-refractivity contribution in [3.63, 3.8) is 0 Å². The molecular formula is C45H51BrF3N3O5. The van der Waals surface area contributed by atoms with Gasteiger partial charge in [0.25, 0.3) is 5.91 Å². The molecule has 4 aromatic rings. The van der Waals surface area contributed by atoms with Crippen molar-refractivity contribution in [1.82, 2.24) is 15.1 Å². The molecule has 304 valence electrons. The second kappa shape index (κ2) is 21.2. The number of piperidine rings is 2. The summed E-state index contributed by atoms with van der Waals surface area (Å²) in [6.07, 6.45) is 4.74. The van der Waals surface area contributed by atoms with Gasteiger partial charge in [-0.05, 0) is 127 Å². The molecule has 57 heavy (non-hydrogen) atoms. The van der Waals surface area contributed by atoms with Crippen molar-refractivity contribution in [2.24, 2.45) is 11.8 Å². The number of nitrogens with one attached hydrogen (secondary N) is 1. The third-order valence-corrected chi connectivity index (χ3v) is 11.3. The molecule has 2 heterocycles. The Morgan fingerprint density at radius 2 is 1.35 bits per heavy atom. The Morgan fingerprint density at radius 3 is 1.98 bits per heavy atom. The number of hydrogen-bond acceptors (Lipinski definition) is 5. The van der Waals surface area contributed by atoms with Crippen LogP contribution in [0.3, 0.4) is 0 Å². The van der Waals surface area contributed by atoms with E-state index in [-0.39, 0.29) is 17.6 Å². The minimum atomic E-state index is -5.08. The SMILES string of the molecule is O=C(Cc1ccc(Br)cc1)N(CCc1ccc(O)cc1)Cc1cccc(-c2cccc(C(=O)N3CCC(CCCC4CCNCC4)CC3)c2)c1.O=C(O)C(F)(F)F. The molecule has 0 atom stereocenters. The van der Waals surface area contributed by atoms with Crippen molar-refractivity contribution in [2.75, 3.05) is 32.7 Å². The van der Waals surface area contributed by atoms with Crippen molar-refractivity contribution in [1.29, 1.82) is 0 Å². The van der Waals surface area contributed by atoms with Gasteiger partial charge in [0.15, 0.2) is 0 Å². The smallest absolute Gasteiger partial charge is 0.490 e. The predicted octanol–water partition coefficient (Wildman–Crippen LogP) is 9.29. The number of hydrogen-bond donors (Lipinski definition) is 3. The Balaban J connectivity index is 0.000000811. The van der Waals surface area contributed by atoms with Crippen LogP contribution in [0.4, 0.5) is 13.2 Å². The topological polar surface area (TPSA) is 110 Å². The van der Waals surface area contributed by atoms with E-state index in [9.17, 15) is 27.9 Å². The summed E-state index contributed by atoms with van der Waals surface area (Å²) < 4.78 is 32.7. The fourth-order valence-corrected chi connectivity index (χ4v) is 7.75. The number of phenolic OH excluding ortho intramolecular Hbond substituents is 1. The molecule has 0 bridgehead atoms. The van der Waals surface area contributed by atoms with Crippen LogP contribution < -0.4 is 5.32 Å². The highest BCUT2D eigenvalue weighted by Gasteiger charge is 2.38. The zero-order chi connectivity index (χ0) is 40.8. The molecule has 0 spiro atoms. The molecule has 0 radical (unpaired) electrons. The number of aromatic hydroxyl groups is 1. The molecule has 2 saturated heterocycles. The largest absolute Gasteiger partial charge is 0.508 e. The maximum absolute atomic E-state index is 13.7. The number of rotatable bonds is 13. The van der Waals surface area contributed by atoms with Gasteiger partial charge in [-0.25, -0.2) is 4.79 Å². The monoisotopic (exact) mass is 849 g/mol. The lowest BCUT2D eigenvalue weighted by Gasteiger charge is -2.32. The molecule has 3 N–H and O–H groups in total. The van der Waals surface area contributed by atoms with Crippen LogP contribution in [0.2, 0.25) is 0 Å². The van der Waals surface area contributed by atoms with Crippen molar-refractivity contribution >= 4 is 33.7 Å². The maximum atomic E-state index is 13.7. The standard InChI is InChI=1S/C43H50BrN3O3.C2HF3O2/c44-40-14-10-35(11-15-40)29-42(49)47(27-22-34-12-16-41(48)17-13-34)31-36-6-2-7-37(28-36)38-8-3-9-39(30-38)43(50)46-25-20-33(21-26-46)5-1-4-32-18-23-45-24-19-32;3-2(4,5)1(6)7/h2-3,6-17,28,30,32-33,45,48H,1,4-5,18-27,29,31H2;(H,6,7). The van der Waals surface area contributed by atoms with Gasteiger partial charge in [0.1, 0.15) is 5.75 Å².